The summed E-state index contributed by atoms with van der Waals surface area (Å²) in [5, 5.41) is 3.21. The average molecular weight is 172 g/mol. The monoisotopic (exact) mass is 172 g/mol. The molecule has 3 heteroatoms. The summed E-state index contributed by atoms with van der Waals surface area (Å²) < 4.78 is 0. The highest BCUT2D eigenvalue weighted by atomic mass is 32.1. The summed E-state index contributed by atoms with van der Waals surface area (Å²) in [6.07, 6.45) is 1.81. The molecule has 0 saturated carbocycles. The molecule has 0 saturated heterocycles. The van der Waals surface area contributed by atoms with E-state index in [2.05, 4.69) is 19.2 Å². The second-order valence-electron chi connectivity index (χ2n) is 2.89. The molecule has 0 spiro atoms. The van der Waals surface area contributed by atoms with E-state index in [1.54, 1.807) is 0 Å². The van der Waals surface area contributed by atoms with E-state index < -0.39 is 0 Å². The fraction of sp³-hybridized carbons (Fsp3) is 0.625. The van der Waals surface area contributed by atoms with Crippen LogP contribution in [0.1, 0.15) is 20.8 Å². The summed E-state index contributed by atoms with van der Waals surface area (Å²) in [5.41, 5.74) is 6.21. The highest BCUT2D eigenvalue weighted by Crippen LogP contribution is 1.85. The minimum absolute atomic E-state index is 0.472. The minimum atomic E-state index is 0.472. The molecule has 0 aromatic rings. The van der Waals surface area contributed by atoms with Gasteiger partial charge in [0.2, 0.25) is 0 Å². The van der Waals surface area contributed by atoms with E-state index in [9.17, 15) is 0 Å². The van der Waals surface area contributed by atoms with E-state index in [4.69, 9.17) is 18.0 Å². The van der Waals surface area contributed by atoms with E-state index in [1.165, 1.54) is 0 Å². The van der Waals surface area contributed by atoms with Crippen molar-refractivity contribution in [2.75, 3.05) is 6.54 Å². The molecular weight excluding hydrogens is 156 g/mol. The van der Waals surface area contributed by atoms with Gasteiger partial charge in [0, 0.05) is 23.1 Å². The van der Waals surface area contributed by atoms with Crippen LogP contribution in [0, 0.1) is 0 Å². The fourth-order valence-electron chi connectivity index (χ4n) is 0.610. The Bertz CT molecular complexity index is 157. The first-order valence-electron chi connectivity index (χ1n) is 3.72. The largest absolute Gasteiger partial charge is 0.402 e. The van der Waals surface area contributed by atoms with Gasteiger partial charge >= 0.3 is 0 Å². The molecule has 3 N–H and O–H groups in total. The predicted octanol–water partition coefficient (Wildman–Crippen LogP) is 1.22. The maximum absolute atomic E-state index is 5.45. The molecule has 0 heterocycles. The van der Waals surface area contributed by atoms with Crippen molar-refractivity contribution in [3.05, 3.63) is 11.8 Å². The van der Waals surface area contributed by atoms with E-state index in [-0.39, 0.29) is 0 Å². The number of hydrogen-bond donors (Lipinski definition) is 2. The number of nitrogens with one attached hydrogen (secondary N) is 1. The molecule has 0 amide bonds. The third kappa shape index (κ3) is 7.49. The van der Waals surface area contributed by atoms with Crippen molar-refractivity contribution >= 4 is 17.1 Å². The van der Waals surface area contributed by atoms with Crippen LogP contribution in [0.15, 0.2) is 11.8 Å². The molecule has 0 bridgehead atoms. The zero-order chi connectivity index (χ0) is 8.85. The first-order chi connectivity index (χ1) is 5.02. The number of hydrogen-bond acceptors (Lipinski definition) is 3. The Kier molecular flexibility index (Phi) is 5.07. The third-order valence-electron chi connectivity index (χ3n) is 1.07. The Morgan fingerprint density at radius 2 is 2.18 bits per heavy atom. The van der Waals surface area contributed by atoms with Gasteiger partial charge in [-0.1, -0.05) is 26.1 Å². The lowest BCUT2D eigenvalue weighted by molar-refractivity contribution is 0.645. The smallest absolute Gasteiger partial charge is 0.0311 e. The van der Waals surface area contributed by atoms with E-state index in [0.29, 0.717) is 6.04 Å². The number of allylic oxidation sites excluding steroid dienone is 1. The molecule has 0 aromatic carbocycles. The highest BCUT2D eigenvalue weighted by Gasteiger charge is 1.94. The molecule has 0 unspecified atom stereocenters. The van der Waals surface area contributed by atoms with Gasteiger partial charge in [0.1, 0.15) is 0 Å². The Labute approximate surface area is 73.9 Å². The van der Waals surface area contributed by atoms with Crippen LogP contribution < -0.4 is 11.1 Å². The lowest BCUT2D eigenvalue weighted by atomic mass is 10.3. The van der Waals surface area contributed by atoms with E-state index in [1.807, 2.05) is 13.0 Å². The zero-order valence-electron chi connectivity index (χ0n) is 7.35. The maximum Gasteiger partial charge on any atom is 0.0311 e. The Morgan fingerprint density at radius 3 is 2.55 bits per heavy atom. The van der Waals surface area contributed by atoms with Crippen molar-refractivity contribution in [1.82, 2.24) is 5.32 Å². The summed E-state index contributed by atoms with van der Waals surface area (Å²) in [5.74, 6) is 0. The summed E-state index contributed by atoms with van der Waals surface area (Å²) in [6.45, 7) is 6.74. The number of rotatable bonds is 4. The van der Waals surface area contributed by atoms with Crippen molar-refractivity contribution in [3.63, 3.8) is 0 Å². The first kappa shape index (κ1) is 10.6. The first-order valence-corrected chi connectivity index (χ1v) is 4.13. The summed E-state index contributed by atoms with van der Waals surface area (Å²) in [4.78, 5) is 0.860. The molecular formula is C8H16N2S. The summed E-state index contributed by atoms with van der Waals surface area (Å²) in [6, 6.07) is 0.472. The van der Waals surface area contributed by atoms with E-state index >= 15 is 0 Å². The summed E-state index contributed by atoms with van der Waals surface area (Å²) in [7, 11) is 0. The van der Waals surface area contributed by atoms with Gasteiger partial charge in [0.25, 0.3) is 0 Å². The highest BCUT2D eigenvalue weighted by molar-refractivity contribution is 7.80. The molecule has 0 aliphatic rings. The van der Waals surface area contributed by atoms with Gasteiger partial charge in [-0.15, -0.1) is 0 Å². The SMILES string of the molecule is C/C(N)=C/C(=S)CNC(C)C. The molecule has 11 heavy (non-hydrogen) atoms. The van der Waals surface area contributed by atoms with Crippen LogP contribution in [0.25, 0.3) is 0 Å². The van der Waals surface area contributed by atoms with Crippen LogP contribution in [0.3, 0.4) is 0 Å². The van der Waals surface area contributed by atoms with Crippen molar-refractivity contribution in [3.8, 4) is 0 Å². The standard InChI is InChI=1S/C8H16N2S/c1-6(2)10-5-8(11)4-7(3)9/h4,6,10H,5,9H2,1-3H3/b7-4-. The zero-order valence-corrected chi connectivity index (χ0v) is 8.16. The second-order valence-corrected chi connectivity index (χ2v) is 3.41. The Morgan fingerprint density at radius 1 is 1.64 bits per heavy atom. The third-order valence-corrected chi connectivity index (χ3v) is 1.34. The van der Waals surface area contributed by atoms with Crippen LogP contribution >= 0.6 is 12.2 Å². The van der Waals surface area contributed by atoms with Crippen molar-refractivity contribution < 1.29 is 0 Å². The number of nitrogens with two attached hydrogens (primary N) is 1. The molecule has 0 aliphatic heterocycles. The van der Waals surface area contributed by atoms with Crippen LogP contribution in [0.2, 0.25) is 0 Å². The molecule has 0 aromatic heterocycles. The molecule has 0 radical (unpaired) electrons. The minimum Gasteiger partial charge on any atom is -0.402 e. The van der Waals surface area contributed by atoms with Gasteiger partial charge in [-0.05, 0) is 13.0 Å². The quantitative estimate of drug-likeness (QED) is 0.494. The lowest BCUT2D eigenvalue weighted by Crippen LogP contribution is -2.27. The lowest BCUT2D eigenvalue weighted by Gasteiger charge is -2.06. The van der Waals surface area contributed by atoms with Gasteiger partial charge in [-0.25, -0.2) is 0 Å². The molecule has 64 valence electrons. The van der Waals surface area contributed by atoms with Crippen LogP contribution in [-0.4, -0.2) is 17.5 Å². The Hall–Kier alpha value is -0.410. The maximum atomic E-state index is 5.45. The van der Waals surface area contributed by atoms with E-state index in [0.717, 1.165) is 17.1 Å². The van der Waals surface area contributed by atoms with Gasteiger partial charge < -0.3 is 11.1 Å². The van der Waals surface area contributed by atoms with Gasteiger partial charge in [0.05, 0.1) is 0 Å². The van der Waals surface area contributed by atoms with Gasteiger partial charge in [-0.3, -0.25) is 0 Å². The predicted molar refractivity (Wildman–Crippen MR) is 53.7 cm³/mol. The number of thiocarbonyl (C=S) groups is 1. The van der Waals surface area contributed by atoms with Crippen molar-refractivity contribution in [2.45, 2.75) is 26.8 Å². The van der Waals surface area contributed by atoms with Crippen molar-refractivity contribution in [1.29, 1.82) is 0 Å². The average Bonchev–Trinajstić information content (AvgIpc) is 1.82. The van der Waals surface area contributed by atoms with Gasteiger partial charge in [0.15, 0.2) is 0 Å². The Balaban J connectivity index is 3.63. The molecule has 0 aliphatic carbocycles. The molecule has 0 atom stereocenters. The van der Waals surface area contributed by atoms with Crippen LogP contribution in [0.4, 0.5) is 0 Å². The van der Waals surface area contributed by atoms with Gasteiger partial charge in [-0.2, -0.15) is 0 Å². The molecule has 0 fully saturated rings. The fourth-order valence-corrected chi connectivity index (χ4v) is 0.879. The van der Waals surface area contributed by atoms with Crippen LogP contribution in [0.5, 0.6) is 0 Å². The van der Waals surface area contributed by atoms with Crippen molar-refractivity contribution in [2.24, 2.45) is 5.73 Å². The molecule has 0 rings (SSSR count). The topological polar surface area (TPSA) is 38.0 Å². The summed E-state index contributed by atoms with van der Waals surface area (Å²) >= 11 is 5.03. The second kappa shape index (κ2) is 5.27. The normalized spacial score (nSPS) is 12.2. The molecule has 2 nitrogen and oxygen atoms in total. The van der Waals surface area contributed by atoms with Crippen LogP contribution in [-0.2, 0) is 0 Å².